The third kappa shape index (κ3) is 2.65. The summed E-state index contributed by atoms with van der Waals surface area (Å²) in [6.07, 6.45) is 0.830. The van der Waals surface area contributed by atoms with Gasteiger partial charge in [0.2, 0.25) is 5.82 Å². The average molecular weight is 254 g/mol. The maximum absolute atomic E-state index is 11.7. The Labute approximate surface area is 102 Å². The maximum Gasteiger partial charge on any atom is 0.328 e. The summed E-state index contributed by atoms with van der Waals surface area (Å²) in [5.41, 5.74) is 0. The van der Waals surface area contributed by atoms with E-state index in [0.717, 1.165) is 12.8 Å². The van der Waals surface area contributed by atoms with Crippen LogP contribution in [0.5, 0.6) is 0 Å². The first-order valence-corrected chi connectivity index (χ1v) is 5.63. The molecule has 1 aromatic rings. The smallest absolute Gasteiger partial charge is 0.328 e. The molecule has 8 nitrogen and oxygen atoms in total. The van der Waals surface area contributed by atoms with E-state index in [9.17, 15) is 14.7 Å². The van der Waals surface area contributed by atoms with Gasteiger partial charge in [-0.15, -0.1) is 5.10 Å². The van der Waals surface area contributed by atoms with Crippen LogP contribution >= 0.6 is 0 Å². The molecule has 98 valence electrons. The minimum atomic E-state index is -1.37. The largest absolute Gasteiger partial charge is 0.480 e. The predicted octanol–water partition coefficient (Wildman–Crippen LogP) is -0.754. The highest BCUT2D eigenvalue weighted by Gasteiger charge is 2.30. The highest BCUT2D eigenvalue weighted by atomic mass is 16.4. The first-order valence-electron chi connectivity index (χ1n) is 5.63. The van der Waals surface area contributed by atoms with E-state index >= 15 is 0 Å². The molecule has 2 rings (SSSR count). The van der Waals surface area contributed by atoms with E-state index < -0.39 is 24.0 Å². The molecule has 4 N–H and O–H groups in total. The van der Waals surface area contributed by atoms with Crippen LogP contribution in [0.25, 0.3) is 0 Å². The molecule has 1 amide bonds. The van der Waals surface area contributed by atoms with Crippen molar-refractivity contribution in [3.8, 4) is 0 Å². The summed E-state index contributed by atoms with van der Waals surface area (Å²) >= 11 is 0. The molecule has 1 saturated carbocycles. The van der Waals surface area contributed by atoms with Crippen LogP contribution in [0.3, 0.4) is 0 Å². The number of aromatic nitrogens is 3. The zero-order chi connectivity index (χ0) is 13.3. The third-order valence-electron chi connectivity index (χ3n) is 2.70. The van der Waals surface area contributed by atoms with Gasteiger partial charge in [0.15, 0.2) is 6.04 Å². The molecule has 0 spiro atoms. The van der Waals surface area contributed by atoms with Gasteiger partial charge < -0.3 is 15.5 Å². The predicted molar refractivity (Wildman–Crippen MR) is 58.9 cm³/mol. The Morgan fingerprint density at radius 3 is 2.67 bits per heavy atom. The number of hydrogen-bond acceptors (Lipinski definition) is 5. The van der Waals surface area contributed by atoms with Crippen molar-refractivity contribution in [3.63, 3.8) is 0 Å². The number of H-pyrrole nitrogens is 1. The minimum absolute atomic E-state index is 0.108. The summed E-state index contributed by atoms with van der Waals surface area (Å²) in [6, 6.07) is -1.37. The summed E-state index contributed by atoms with van der Waals surface area (Å²) in [5.74, 6) is -1.17. The van der Waals surface area contributed by atoms with Crippen molar-refractivity contribution in [2.24, 2.45) is 0 Å². The van der Waals surface area contributed by atoms with E-state index in [1.54, 1.807) is 0 Å². The van der Waals surface area contributed by atoms with Gasteiger partial charge in [0.05, 0.1) is 6.10 Å². The summed E-state index contributed by atoms with van der Waals surface area (Å²) in [6.45, 7) is 1.28. The van der Waals surface area contributed by atoms with Crippen molar-refractivity contribution in [1.29, 1.82) is 0 Å². The first-order chi connectivity index (χ1) is 8.49. The van der Waals surface area contributed by atoms with Crippen LogP contribution in [0.15, 0.2) is 0 Å². The molecule has 1 fully saturated rings. The van der Waals surface area contributed by atoms with Crippen molar-refractivity contribution in [2.75, 3.05) is 0 Å². The zero-order valence-electron chi connectivity index (χ0n) is 9.75. The number of nitrogens with zero attached hydrogens (tertiary/aromatic N) is 2. The second-order valence-corrected chi connectivity index (χ2v) is 4.35. The topological polar surface area (TPSA) is 128 Å². The summed E-state index contributed by atoms with van der Waals surface area (Å²) < 4.78 is 0. The number of aliphatic carboxylic acids is 1. The van der Waals surface area contributed by atoms with Gasteiger partial charge in [0, 0.05) is 5.92 Å². The fourth-order valence-corrected chi connectivity index (χ4v) is 1.51. The number of rotatable bonds is 5. The Hall–Kier alpha value is -1.96. The van der Waals surface area contributed by atoms with Crippen molar-refractivity contribution < 1.29 is 19.8 Å². The van der Waals surface area contributed by atoms with E-state index in [1.165, 1.54) is 6.92 Å². The van der Waals surface area contributed by atoms with E-state index in [4.69, 9.17) is 5.11 Å². The van der Waals surface area contributed by atoms with Gasteiger partial charge in [-0.3, -0.25) is 9.89 Å². The lowest BCUT2D eigenvalue weighted by Gasteiger charge is -2.15. The lowest BCUT2D eigenvalue weighted by molar-refractivity contribution is -0.141. The lowest BCUT2D eigenvalue weighted by atomic mass is 10.2. The number of aliphatic hydroxyl groups excluding tert-OH is 1. The number of carbonyl (C=O) groups is 2. The third-order valence-corrected chi connectivity index (χ3v) is 2.70. The van der Waals surface area contributed by atoms with Crippen LogP contribution in [-0.2, 0) is 4.79 Å². The number of nitrogens with one attached hydrogen (secondary N) is 2. The molecular weight excluding hydrogens is 240 g/mol. The molecular formula is C10H14N4O4. The fraction of sp³-hybridized carbons (Fsp3) is 0.600. The number of aromatic amines is 1. The van der Waals surface area contributed by atoms with Crippen molar-refractivity contribution in [3.05, 3.63) is 11.6 Å². The van der Waals surface area contributed by atoms with E-state index in [1.807, 2.05) is 0 Å². The maximum atomic E-state index is 11.7. The molecule has 18 heavy (non-hydrogen) atoms. The molecule has 1 heterocycles. The molecule has 0 bridgehead atoms. The van der Waals surface area contributed by atoms with Crippen molar-refractivity contribution in [1.82, 2.24) is 20.5 Å². The Morgan fingerprint density at radius 2 is 2.17 bits per heavy atom. The van der Waals surface area contributed by atoms with Crippen LogP contribution in [0, 0.1) is 0 Å². The average Bonchev–Trinajstić information content (AvgIpc) is 3.03. The number of aliphatic hydroxyl groups is 1. The second-order valence-electron chi connectivity index (χ2n) is 4.35. The SMILES string of the molecule is C[C@@H](O)[C@H](NC(=O)c1n[nH]c(C2CC2)n1)C(=O)O. The molecule has 0 saturated heterocycles. The van der Waals surface area contributed by atoms with Gasteiger partial charge in [-0.25, -0.2) is 9.78 Å². The first kappa shape index (κ1) is 12.5. The van der Waals surface area contributed by atoms with E-state index in [2.05, 4.69) is 20.5 Å². The van der Waals surface area contributed by atoms with Crippen LogP contribution < -0.4 is 5.32 Å². The monoisotopic (exact) mass is 254 g/mol. The fourth-order valence-electron chi connectivity index (χ4n) is 1.51. The van der Waals surface area contributed by atoms with E-state index in [-0.39, 0.29) is 5.82 Å². The number of carbonyl (C=O) groups excluding carboxylic acids is 1. The normalized spacial score (nSPS) is 18.1. The zero-order valence-corrected chi connectivity index (χ0v) is 9.75. The minimum Gasteiger partial charge on any atom is -0.480 e. The van der Waals surface area contributed by atoms with Gasteiger partial charge in [-0.1, -0.05) is 0 Å². The quantitative estimate of drug-likeness (QED) is 0.547. The van der Waals surface area contributed by atoms with Crippen LogP contribution in [-0.4, -0.2) is 49.4 Å². The van der Waals surface area contributed by atoms with Crippen LogP contribution in [0.4, 0.5) is 0 Å². The number of hydrogen-bond donors (Lipinski definition) is 4. The van der Waals surface area contributed by atoms with Gasteiger partial charge in [0.1, 0.15) is 5.82 Å². The van der Waals surface area contributed by atoms with Gasteiger partial charge in [0.25, 0.3) is 5.91 Å². The molecule has 0 aromatic carbocycles. The molecule has 0 radical (unpaired) electrons. The van der Waals surface area contributed by atoms with Crippen molar-refractivity contribution in [2.45, 2.75) is 37.8 Å². The van der Waals surface area contributed by atoms with Crippen LogP contribution in [0.2, 0.25) is 0 Å². The highest BCUT2D eigenvalue weighted by Crippen LogP contribution is 2.37. The number of amides is 1. The number of carboxylic acids is 1. The van der Waals surface area contributed by atoms with Gasteiger partial charge >= 0.3 is 5.97 Å². The standard InChI is InChI=1S/C10H14N4O4/c1-4(15)6(10(17)18)11-9(16)8-12-7(13-14-8)5-2-3-5/h4-6,15H,2-3H2,1H3,(H,11,16)(H,17,18)(H,12,13,14)/t4-,6+/m1/s1. The van der Waals surface area contributed by atoms with Crippen molar-refractivity contribution >= 4 is 11.9 Å². The molecule has 0 unspecified atom stereocenters. The molecule has 0 aliphatic heterocycles. The highest BCUT2D eigenvalue weighted by molar-refractivity contribution is 5.93. The Bertz CT molecular complexity index is 466. The Morgan fingerprint density at radius 1 is 1.50 bits per heavy atom. The van der Waals surface area contributed by atoms with Gasteiger partial charge in [-0.05, 0) is 19.8 Å². The summed E-state index contributed by atoms with van der Waals surface area (Å²) in [7, 11) is 0. The number of carboxylic acid groups (broad SMARTS) is 1. The Balaban J connectivity index is 2.03. The second kappa shape index (κ2) is 4.73. The van der Waals surface area contributed by atoms with Gasteiger partial charge in [-0.2, -0.15) is 0 Å². The molecule has 2 atom stereocenters. The summed E-state index contributed by atoms with van der Waals surface area (Å²) in [5, 5.41) is 26.6. The summed E-state index contributed by atoms with van der Waals surface area (Å²) in [4.78, 5) is 26.5. The lowest BCUT2D eigenvalue weighted by Crippen LogP contribution is -2.47. The van der Waals surface area contributed by atoms with Crippen LogP contribution in [0.1, 0.15) is 42.1 Å². The van der Waals surface area contributed by atoms with E-state index in [0.29, 0.717) is 11.7 Å². The Kier molecular flexibility index (Phi) is 3.28. The molecule has 1 aromatic heterocycles. The molecule has 1 aliphatic rings. The molecule has 8 heteroatoms. The molecule has 1 aliphatic carbocycles.